The molecular formula is C17H18Cl2FNO2. The molecule has 0 amide bonds. The van der Waals surface area contributed by atoms with Gasteiger partial charge in [-0.3, -0.25) is 0 Å². The van der Waals surface area contributed by atoms with Crippen molar-refractivity contribution < 1.29 is 14.2 Å². The van der Waals surface area contributed by atoms with Crippen LogP contribution in [0.25, 0.3) is 0 Å². The maximum atomic E-state index is 13.8. The highest BCUT2D eigenvalue weighted by Crippen LogP contribution is 2.26. The maximum absolute atomic E-state index is 13.8. The number of nitrogens with one attached hydrogen (secondary N) is 1. The van der Waals surface area contributed by atoms with E-state index in [0.717, 1.165) is 5.56 Å². The summed E-state index contributed by atoms with van der Waals surface area (Å²) in [4.78, 5) is 0. The van der Waals surface area contributed by atoms with Gasteiger partial charge >= 0.3 is 0 Å². The molecule has 0 aliphatic heterocycles. The molecule has 0 aliphatic rings. The van der Waals surface area contributed by atoms with Crippen molar-refractivity contribution in [2.45, 2.75) is 26.2 Å². The number of hydrogen-bond acceptors (Lipinski definition) is 3. The summed E-state index contributed by atoms with van der Waals surface area (Å²) in [5.74, 6) is 0.187. The largest absolute Gasteiger partial charge is 0.488 e. The zero-order chi connectivity index (χ0) is 16.8. The quantitative estimate of drug-likeness (QED) is 0.780. The molecule has 0 spiro atoms. The number of hydrogen-bond donors (Lipinski definition) is 2. The summed E-state index contributed by atoms with van der Waals surface area (Å²) in [5, 5.41) is 13.3. The minimum atomic E-state index is -0.448. The first-order valence-electron chi connectivity index (χ1n) is 7.20. The molecule has 3 nitrogen and oxygen atoms in total. The summed E-state index contributed by atoms with van der Waals surface area (Å²) in [6.07, 6.45) is -0.448. The Bertz CT molecular complexity index is 645. The number of benzene rings is 2. The molecule has 0 unspecified atom stereocenters. The van der Waals surface area contributed by atoms with Crippen LogP contribution in [0.15, 0.2) is 36.4 Å². The van der Waals surface area contributed by atoms with Gasteiger partial charge in [0.25, 0.3) is 0 Å². The molecule has 23 heavy (non-hydrogen) atoms. The second-order valence-corrected chi connectivity index (χ2v) is 6.06. The first-order valence-corrected chi connectivity index (χ1v) is 7.96. The van der Waals surface area contributed by atoms with Crippen LogP contribution in [0, 0.1) is 5.82 Å². The Kier molecular flexibility index (Phi) is 6.66. The van der Waals surface area contributed by atoms with E-state index in [1.165, 1.54) is 6.07 Å². The monoisotopic (exact) mass is 357 g/mol. The third-order valence-electron chi connectivity index (χ3n) is 3.21. The topological polar surface area (TPSA) is 41.5 Å². The van der Waals surface area contributed by atoms with Gasteiger partial charge in [-0.1, -0.05) is 29.3 Å². The van der Waals surface area contributed by atoms with E-state index < -0.39 is 11.9 Å². The van der Waals surface area contributed by atoms with Gasteiger partial charge in [0.15, 0.2) is 0 Å². The number of rotatable bonds is 7. The highest BCUT2D eigenvalue weighted by Gasteiger charge is 2.10. The maximum Gasteiger partial charge on any atom is 0.131 e. The van der Waals surface area contributed by atoms with Crippen molar-refractivity contribution in [3.63, 3.8) is 0 Å². The molecule has 6 heteroatoms. The van der Waals surface area contributed by atoms with Gasteiger partial charge in [0, 0.05) is 29.2 Å². The molecule has 1 atom stereocenters. The highest BCUT2D eigenvalue weighted by molar-refractivity contribution is 6.31. The van der Waals surface area contributed by atoms with E-state index in [1.54, 1.807) is 37.3 Å². The van der Waals surface area contributed by atoms with Crippen molar-refractivity contribution in [2.24, 2.45) is 0 Å². The third kappa shape index (κ3) is 5.36. The van der Waals surface area contributed by atoms with Crippen molar-refractivity contribution >= 4 is 23.2 Å². The number of ether oxygens (including phenoxy) is 1. The van der Waals surface area contributed by atoms with Crippen LogP contribution in [-0.2, 0) is 13.2 Å². The van der Waals surface area contributed by atoms with E-state index in [-0.39, 0.29) is 6.61 Å². The first kappa shape index (κ1) is 18.0. The Hall–Kier alpha value is -1.33. The molecule has 2 rings (SSSR count). The zero-order valence-electron chi connectivity index (χ0n) is 12.7. The van der Waals surface area contributed by atoms with Gasteiger partial charge in [-0.05, 0) is 37.3 Å². The lowest BCUT2D eigenvalue weighted by Gasteiger charge is -2.14. The van der Waals surface area contributed by atoms with Crippen LogP contribution in [0.3, 0.4) is 0 Å². The SMILES string of the molecule is C[C@@H](O)CNCc1cc(Cl)ccc1OCc1c(F)cccc1Cl. The third-order valence-corrected chi connectivity index (χ3v) is 3.80. The number of halogens is 3. The minimum Gasteiger partial charge on any atom is -0.488 e. The molecule has 0 radical (unpaired) electrons. The van der Waals surface area contributed by atoms with Gasteiger partial charge in [-0.15, -0.1) is 0 Å². The molecule has 0 saturated heterocycles. The summed E-state index contributed by atoms with van der Waals surface area (Å²) in [6, 6.07) is 9.73. The molecule has 0 fully saturated rings. The first-order chi connectivity index (χ1) is 11.0. The van der Waals surface area contributed by atoms with Crippen LogP contribution < -0.4 is 10.1 Å². The van der Waals surface area contributed by atoms with E-state index in [2.05, 4.69) is 5.32 Å². The van der Waals surface area contributed by atoms with Crippen LogP contribution in [0.4, 0.5) is 4.39 Å². The van der Waals surface area contributed by atoms with Gasteiger partial charge in [0.05, 0.1) is 11.1 Å². The van der Waals surface area contributed by atoms with E-state index in [9.17, 15) is 9.50 Å². The fraction of sp³-hybridized carbons (Fsp3) is 0.294. The molecule has 2 aromatic rings. The second-order valence-electron chi connectivity index (χ2n) is 5.22. The van der Waals surface area contributed by atoms with E-state index in [0.29, 0.717) is 34.4 Å². The Labute approximate surface area is 145 Å². The molecule has 124 valence electrons. The van der Waals surface area contributed by atoms with Crippen LogP contribution in [0.2, 0.25) is 10.0 Å². The lowest BCUT2D eigenvalue weighted by atomic mass is 10.2. The van der Waals surface area contributed by atoms with Crippen molar-refractivity contribution in [1.82, 2.24) is 5.32 Å². The number of aliphatic hydroxyl groups is 1. The van der Waals surface area contributed by atoms with Crippen LogP contribution in [-0.4, -0.2) is 17.8 Å². The average Bonchev–Trinajstić information content (AvgIpc) is 2.48. The van der Waals surface area contributed by atoms with Crippen LogP contribution in [0.5, 0.6) is 5.75 Å². The summed E-state index contributed by atoms with van der Waals surface area (Å²) < 4.78 is 19.5. The van der Waals surface area contributed by atoms with Crippen molar-refractivity contribution in [2.75, 3.05) is 6.54 Å². The summed E-state index contributed by atoms with van der Waals surface area (Å²) in [6.45, 7) is 2.65. The molecule has 0 bridgehead atoms. The lowest BCUT2D eigenvalue weighted by Crippen LogP contribution is -2.24. The van der Waals surface area contributed by atoms with Crippen LogP contribution >= 0.6 is 23.2 Å². The van der Waals surface area contributed by atoms with Gasteiger partial charge in [0.2, 0.25) is 0 Å². The molecule has 0 aromatic heterocycles. The average molecular weight is 358 g/mol. The second kappa shape index (κ2) is 8.50. The fourth-order valence-corrected chi connectivity index (χ4v) is 2.48. The lowest BCUT2D eigenvalue weighted by molar-refractivity contribution is 0.190. The molecule has 2 N–H and O–H groups in total. The molecule has 0 saturated carbocycles. The fourth-order valence-electron chi connectivity index (χ4n) is 2.06. The van der Waals surface area contributed by atoms with Crippen molar-refractivity contribution in [3.05, 3.63) is 63.4 Å². The summed E-state index contributed by atoms with van der Waals surface area (Å²) in [5.41, 5.74) is 1.14. The van der Waals surface area contributed by atoms with E-state index >= 15 is 0 Å². The van der Waals surface area contributed by atoms with Crippen molar-refractivity contribution in [1.29, 1.82) is 0 Å². The molecule has 0 heterocycles. The Morgan fingerprint density at radius 2 is 2.04 bits per heavy atom. The molecule has 0 aliphatic carbocycles. The van der Waals surface area contributed by atoms with Gasteiger partial charge in [0.1, 0.15) is 18.2 Å². The smallest absolute Gasteiger partial charge is 0.131 e. The minimum absolute atomic E-state index is 0.0243. The summed E-state index contributed by atoms with van der Waals surface area (Å²) >= 11 is 12.0. The van der Waals surface area contributed by atoms with Gasteiger partial charge in [-0.25, -0.2) is 4.39 Å². The predicted molar refractivity (Wildman–Crippen MR) is 90.6 cm³/mol. The Morgan fingerprint density at radius 3 is 2.74 bits per heavy atom. The zero-order valence-corrected chi connectivity index (χ0v) is 14.2. The van der Waals surface area contributed by atoms with E-state index in [1.807, 2.05) is 0 Å². The summed E-state index contributed by atoms with van der Waals surface area (Å²) in [7, 11) is 0. The highest BCUT2D eigenvalue weighted by atomic mass is 35.5. The normalized spacial score (nSPS) is 12.2. The Morgan fingerprint density at radius 1 is 1.26 bits per heavy atom. The predicted octanol–water partition coefficient (Wildman–Crippen LogP) is 4.18. The molecular weight excluding hydrogens is 340 g/mol. The van der Waals surface area contributed by atoms with Crippen molar-refractivity contribution in [3.8, 4) is 5.75 Å². The van der Waals surface area contributed by atoms with E-state index in [4.69, 9.17) is 27.9 Å². The van der Waals surface area contributed by atoms with Gasteiger partial charge in [-0.2, -0.15) is 0 Å². The van der Waals surface area contributed by atoms with Crippen LogP contribution in [0.1, 0.15) is 18.1 Å². The Balaban J connectivity index is 2.10. The van der Waals surface area contributed by atoms with Gasteiger partial charge < -0.3 is 15.2 Å². The standard InChI is InChI=1S/C17H18Cl2FNO2/c1-11(22)8-21-9-12-7-13(18)5-6-17(12)23-10-14-15(19)3-2-4-16(14)20/h2-7,11,21-22H,8-10H2,1H3/t11-/m1/s1. The number of aliphatic hydroxyl groups excluding tert-OH is 1. The molecule has 2 aromatic carbocycles.